The number of hydrogen-bond donors (Lipinski definition) is 0. The summed E-state index contributed by atoms with van der Waals surface area (Å²) in [7, 11) is -1.25. The Labute approximate surface area is 205 Å². The molecule has 1 aliphatic rings. The van der Waals surface area contributed by atoms with Gasteiger partial charge in [0.2, 0.25) is 0 Å². The topological polar surface area (TPSA) is 47.0 Å². The van der Waals surface area contributed by atoms with Gasteiger partial charge >= 0.3 is 0 Å². The quantitative estimate of drug-likeness (QED) is 0.223. The van der Waals surface area contributed by atoms with E-state index in [2.05, 4.69) is 66.8 Å². The van der Waals surface area contributed by atoms with Gasteiger partial charge in [0.05, 0.1) is 20.7 Å². The van der Waals surface area contributed by atoms with Crippen molar-refractivity contribution in [1.82, 2.24) is 9.88 Å². The van der Waals surface area contributed by atoms with Crippen LogP contribution in [0.4, 0.5) is 0 Å². The summed E-state index contributed by atoms with van der Waals surface area (Å²) in [5.74, 6) is 0. The third-order valence-corrected chi connectivity index (χ3v) is 7.09. The van der Waals surface area contributed by atoms with E-state index in [0.717, 1.165) is 56.3 Å². The predicted octanol–water partition coefficient (Wildman–Crippen LogP) is 5.97. The standard InChI is InChI=1S/C26H38ClN3O2Si/c1-21(17-30(20-33(2,3)4)18-22-10-6-5-7-11-22)28-15-24-16-29-25(27)14-23(24)19-32-26-12-8-9-13-31-26/h5-7,10-11,14-16,21,26H,8-9,12-13,17-20H2,1-4H3/t21-,26?/m1/s1. The van der Waals surface area contributed by atoms with Gasteiger partial charge in [-0.1, -0.05) is 61.6 Å². The van der Waals surface area contributed by atoms with Crippen LogP contribution in [-0.2, 0) is 22.6 Å². The lowest BCUT2D eigenvalue weighted by atomic mass is 10.1. The average molecular weight is 488 g/mol. The molecule has 1 fully saturated rings. The molecule has 2 atom stereocenters. The molecular formula is C26H38ClN3O2Si. The van der Waals surface area contributed by atoms with Crippen LogP contribution in [0.1, 0.15) is 42.9 Å². The zero-order valence-electron chi connectivity index (χ0n) is 20.5. The van der Waals surface area contributed by atoms with Gasteiger partial charge in [-0.3, -0.25) is 9.89 Å². The summed E-state index contributed by atoms with van der Waals surface area (Å²) in [5, 5.41) is 0.465. The molecule has 0 spiro atoms. The van der Waals surface area contributed by atoms with Crippen LogP contribution in [-0.4, -0.2) is 55.8 Å². The highest BCUT2D eigenvalue weighted by atomic mass is 35.5. The van der Waals surface area contributed by atoms with E-state index < -0.39 is 8.07 Å². The smallest absolute Gasteiger partial charge is 0.158 e. The molecule has 0 amide bonds. The van der Waals surface area contributed by atoms with Crippen LogP contribution in [0.5, 0.6) is 0 Å². The number of aromatic nitrogens is 1. The van der Waals surface area contributed by atoms with E-state index in [1.165, 1.54) is 5.56 Å². The minimum absolute atomic E-state index is 0.137. The molecule has 1 aromatic carbocycles. The SMILES string of the molecule is C[C@H](CN(Cc1ccccc1)C[Si](C)(C)C)N=Cc1cnc(Cl)cc1COC1CCCCO1. The van der Waals surface area contributed by atoms with Crippen molar-refractivity contribution in [3.05, 3.63) is 64.4 Å². The third-order valence-electron chi connectivity index (χ3n) is 5.49. The molecule has 180 valence electrons. The number of benzene rings is 1. The van der Waals surface area contributed by atoms with Crippen LogP contribution in [0, 0.1) is 0 Å². The molecule has 1 aromatic heterocycles. The summed E-state index contributed by atoms with van der Waals surface area (Å²) in [4.78, 5) is 11.7. The van der Waals surface area contributed by atoms with Gasteiger partial charge in [-0.25, -0.2) is 4.98 Å². The normalized spacial score (nSPS) is 18.2. The molecule has 7 heteroatoms. The van der Waals surface area contributed by atoms with Crippen molar-refractivity contribution in [3.8, 4) is 0 Å². The lowest BCUT2D eigenvalue weighted by molar-refractivity contribution is -0.168. The molecule has 0 aliphatic carbocycles. The molecule has 2 aromatic rings. The van der Waals surface area contributed by atoms with Gasteiger partial charge in [0.1, 0.15) is 5.15 Å². The summed E-state index contributed by atoms with van der Waals surface area (Å²) >= 11 is 6.16. The van der Waals surface area contributed by atoms with Gasteiger partial charge in [-0.05, 0) is 49.5 Å². The Morgan fingerprint density at radius 1 is 1.27 bits per heavy atom. The molecule has 2 heterocycles. The molecule has 0 saturated carbocycles. The monoisotopic (exact) mass is 487 g/mol. The fourth-order valence-corrected chi connectivity index (χ4v) is 5.83. The van der Waals surface area contributed by atoms with E-state index >= 15 is 0 Å². The van der Waals surface area contributed by atoms with Crippen molar-refractivity contribution >= 4 is 25.9 Å². The van der Waals surface area contributed by atoms with Gasteiger partial charge in [0.25, 0.3) is 0 Å². The number of halogens is 1. The van der Waals surface area contributed by atoms with Crippen molar-refractivity contribution in [1.29, 1.82) is 0 Å². The Bertz CT molecular complexity index is 883. The highest BCUT2D eigenvalue weighted by Crippen LogP contribution is 2.19. The second-order valence-corrected chi connectivity index (χ2v) is 16.0. The fourth-order valence-electron chi connectivity index (χ4n) is 4.07. The van der Waals surface area contributed by atoms with Crippen molar-refractivity contribution in [2.24, 2.45) is 4.99 Å². The van der Waals surface area contributed by atoms with E-state index in [-0.39, 0.29) is 12.3 Å². The van der Waals surface area contributed by atoms with Gasteiger partial charge < -0.3 is 9.47 Å². The van der Waals surface area contributed by atoms with Gasteiger partial charge in [0, 0.05) is 37.7 Å². The lowest BCUT2D eigenvalue weighted by Gasteiger charge is -2.30. The molecular weight excluding hydrogens is 450 g/mol. The van der Waals surface area contributed by atoms with E-state index in [1.807, 2.05) is 12.3 Å². The number of hydrogen-bond acceptors (Lipinski definition) is 5. The largest absolute Gasteiger partial charge is 0.353 e. The summed E-state index contributed by atoms with van der Waals surface area (Å²) in [6, 6.07) is 12.7. The van der Waals surface area contributed by atoms with Gasteiger partial charge in [-0.2, -0.15) is 0 Å². The van der Waals surface area contributed by atoms with Crippen LogP contribution in [0.3, 0.4) is 0 Å². The third kappa shape index (κ3) is 9.67. The summed E-state index contributed by atoms with van der Waals surface area (Å²) in [6.45, 7) is 12.5. The van der Waals surface area contributed by atoms with Crippen LogP contribution in [0.2, 0.25) is 24.8 Å². The van der Waals surface area contributed by atoms with Crippen LogP contribution in [0.15, 0.2) is 47.6 Å². The highest BCUT2D eigenvalue weighted by Gasteiger charge is 2.20. The molecule has 1 aliphatic heterocycles. The van der Waals surface area contributed by atoms with E-state index in [9.17, 15) is 0 Å². The number of ether oxygens (including phenoxy) is 2. The summed E-state index contributed by atoms with van der Waals surface area (Å²) in [5.41, 5.74) is 3.28. The number of rotatable bonds is 11. The minimum Gasteiger partial charge on any atom is -0.353 e. The van der Waals surface area contributed by atoms with Crippen molar-refractivity contribution in [2.45, 2.75) is 71.3 Å². The van der Waals surface area contributed by atoms with Crippen LogP contribution >= 0.6 is 11.6 Å². The maximum absolute atomic E-state index is 6.16. The fraction of sp³-hybridized carbons (Fsp3) is 0.538. The highest BCUT2D eigenvalue weighted by molar-refractivity contribution is 6.76. The summed E-state index contributed by atoms with van der Waals surface area (Å²) in [6.07, 6.45) is 7.90. The van der Waals surface area contributed by atoms with Gasteiger partial charge in [0.15, 0.2) is 6.29 Å². The van der Waals surface area contributed by atoms with E-state index in [1.54, 1.807) is 6.20 Å². The second-order valence-electron chi connectivity index (χ2n) is 10.2. The van der Waals surface area contributed by atoms with Crippen molar-refractivity contribution in [2.75, 3.05) is 19.3 Å². The number of aliphatic imine (C=N–C) groups is 1. The predicted molar refractivity (Wildman–Crippen MR) is 140 cm³/mol. The molecule has 1 unspecified atom stereocenters. The molecule has 5 nitrogen and oxygen atoms in total. The van der Waals surface area contributed by atoms with E-state index in [0.29, 0.717) is 11.8 Å². The van der Waals surface area contributed by atoms with Crippen molar-refractivity contribution < 1.29 is 9.47 Å². The first-order chi connectivity index (χ1) is 15.8. The van der Waals surface area contributed by atoms with Crippen molar-refractivity contribution in [3.63, 3.8) is 0 Å². The first-order valence-electron chi connectivity index (χ1n) is 12.0. The Morgan fingerprint density at radius 3 is 2.76 bits per heavy atom. The maximum atomic E-state index is 6.16. The number of nitrogens with zero attached hydrogens (tertiary/aromatic N) is 3. The Hall–Kier alpha value is -1.57. The first-order valence-corrected chi connectivity index (χ1v) is 16.0. The molecule has 3 rings (SSSR count). The molecule has 33 heavy (non-hydrogen) atoms. The maximum Gasteiger partial charge on any atom is 0.158 e. The summed E-state index contributed by atoms with van der Waals surface area (Å²) < 4.78 is 11.7. The Morgan fingerprint density at radius 2 is 2.06 bits per heavy atom. The molecule has 0 radical (unpaired) electrons. The van der Waals surface area contributed by atoms with Gasteiger partial charge in [-0.15, -0.1) is 0 Å². The minimum atomic E-state index is -1.25. The van der Waals surface area contributed by atoms with E-state index in [4.69, 9.17) is 26.1 Å². The number of pyridine rings is 1. The second kappa shape index (κ2) is 12.8. The lowest BCUT2D eigenvalue weighted by Crippen LogP contribution is -2.42. The molecule has 0 bridgehead atoms. The zero-order valence-corrected chi connectivity index (χ0v) is 22.2. The Balaban J connectivity index is 1.64. The first kappa shape index (κ1) is 26.0. The zero-order chi connectivity index (χ0) is 23.7. The average Bonchev–Trinajstić information content (AvgIpc) is 2.77. The van der Waals surface area contributed by atoms with Crippen LogP contribution < -0.4 is 0 Å². The molecule has 0 N–H and O–H groups in total. The Kier molecular flexibility index (Phi) is 10.1. The molecule has 1 saturated heterocycles. The van der Waals surface area contributed by atoms with Crippen LogP contribution in [0.25, 0.3) is 0 Å².